The van der Waals surface area contributed by atoms with Crippen molar-refractivity contribution >= 4 is 5.95 Å². The van der Waals surface area contributed by atoms with Crippen LogP contribution in [0.2, 0.25) is 0 Å². The maximum absolute atomic E-state index is 13.8. The van der Waals surface area contributed by atoms with Gasteiger partial charge in [-0.2, -0.15) is 5.10 Å². The molecule has 2 rings (SSSR count). The van der Waals surface area contributed by atoms with E-state index in [0.29, 0.717) is 18.2 Å². The highest BCUT2D eigenvalue weighted by Gasteiger charge is 2.13. The zero-order chi connectivity index (χ0) is 13.0. The van der Waals surface area contributed by atoms with Gasteiger partial charge in [-0.15, -0.1) is 0 Å². The van der Waals surface area contributed by atoms with Crippen molar-refractivity contribution in [3.05, 3.63) is 24.3 Å². The maximum atomic E-state index is 13.8. The molecule has 0 aliphatic rings. The Hall–Kier alpha value is -1.98. The third-order valence-electron chi connectivity index (χ3n) is 2.54. The van der Waals surface area contributed by atoms with Gasteiger partial charge in [0.15, 0.2) is 5.82 Å². The Kier molecular flexibility index (Phi) is 3.86. The minimum absolute atomic E-state index is 0.281. The van der Waals surface area contributed by atoms with E-state index in [1.54, 1.807) is 16.9 Å². The number of hydrogen-bond acceptors (Lipinski definition) is 4. The molecule has 0 fully saturated rings. The lowest BCUT2D eigenvalue weighted by molar-refractivity contribution is 0.609. The van der Waals surface area contributed by atoms with E-state index in [1.807, 2.05) is 13.8 Å². The Labute approximate surface area is 105 Å². The lowest BCUT2D eigenvalue weighted by atomic mass is 10.3. The number of halogens is 1. The van der Waals surface area contributed by atoms with Gasteiger partial charge < -0.3 is 5.32 Å². The van der Waals surface area contributed by atoms with Crippen molar-refractivity contribution in [1.29, 1.82) is 0 Å². The van der Waals surface area contributed by atoms with Gasteiger partial charge in [-0.05, 0) is 19.4 Å². The Morgan fingerprint density at radius 3 is 2.94 bits per heavy atom. The van der Waals surface area contributed by atoms with Crippen LogP contribution < -0.4 is 5.32 Å². The van der Waals surface area contributed by atoms with Crippen LogP contribution in [-0.4, -0.2) is 26.3 Å². The van der Waals surface area contributed by atoms with E-state index in [9.17, 15) is 4.39 Å². The summed E-state index contributed by atoms with van der Waals surface area (Å²) < 4.78 is 15.5. The van der Waals surface area contributed by atoms with E-state index in [-0.39, 0.29) is 5.69 Å². The minimum Gasteiger partial charge on any atom is -0.354 e. The van der Waals surface area contributed by atoms with Crippen molar-refractivity contribution in [1.82, 2.24) is 19.7 Å². The molecule has 96 valence electrons. The van der Waals surface area contributed by atoms with Crippen molar-refractivity contribution in [3.8, 4) is 11.4 Å². The van der Waals surface area contributed by atoms with Crippen molar-refractivity contribution in [3.63, 3.8) is 0 Å². The molecule has 6 heteroatoms. The van der Waals surface area contributed by atoms with Crippen LogP contribution >= 0.6 is 0 Å². The molecule has 2 aromatic heterocycles. The Bertz CT molecular complexity index is 523. The molecule has 0 aromatic carbocycles. The SMILES string of the molecule is CCCNc1ncc(F)c(-c2ccnn2CC)n1. The second kappa shape index (κ2) is 5.57. The fraction of sp³-hybridized carbons (Fsp3) is 0.417. The second-order valence-electron chi connectivity index (χ2n) is 3.85. The molecule has 0 atom stereocenters. The topological polar surface area (TPSA) is 55.6 Å². The monoisotopic (exact) mass is 249 g/mol. The number of anilines is 1. The normalized spacial score (nSPS) is 10.6. The van der Waals surface area contributed by atoms with Crippen molar-refractivity contribution in [2.45, 2.75) is 26.8 Å². The first kappa shape index (κ1) is 12.5. The number of rotatable bonds is 5. The Morgan fingerprint density at radius 1 is 1.39 bits per heavy atom. The van der Waals surface area contributed by atoms with Crippen LogP contribution in [0.15, 0.2) is 18.5 Å². The van der Waals surface area contributed by atoms with Gasteiger partial charge in [-0.3, -0.25) is 4.68 Å². The molecule has 1 N–H and O–H groups in total. The van der Waals surface area contributed by atoms with Crippen LogP contribution in [0.1, 0.15) is 20.3 Å². The van der Waals surface area contributed by atoms with E-state index in [2.05, 4.69) is 20.4 Å². The summed E-state index contributed by atoms with van der Waals surface area (Å²) in [4.78, 5) is 8.12. The smallest absolute Gasteiger partial charge is 0.223 e. The average molecular weight is 249 g/mol. The molecule has 2 heterocycles. The van der Waals surface area contributed by atoms with Crippen LogP contribution in [-0.2, 0) is 6.54 Å². The molecule has 0 bridgehead atoms. The van der Waals surface area contributed by atoms with E-state index < -0.39 is 5.82 Å². The molecule has 18 heavy (non-hydrogen) atoms. The quantitative estimate of drug-likeness (QED) is 0.883. The second-order valence-corrected chi connectivity index (χ2v) is 3.85. The maximum Gasteiger partial charge on any atom is 0.223 e. The van der Waals surface area contributed by atoms with Gasteiger partial charge in [0, 0.05) is 19.3 Å². The van der Waals surface area contributed by atoms with Crippen molar-refractivity contribution in [2.75, 3.05) is 11.9 Å². The van der Waals surface area contributed by atoms with Crippen LogP contribution in [0.4, 0.5) is 10.3 Å². The molecule has 0 aliphatic carbocycles. The standard InChI is InChI=1S/C12H16FN5/c1-3-6-14-12-15-8-9(13)11(17-12)10-5-7-16-18(10)4-2/h5,7-8H,3-4,6H2,1-2H3,(H,14,15,17). The third kappa shape index (κ3) is 2.47. The molecule has 0 saturated heterocycles. The molecule has 0 unspecified atom stereocenters. The summed E-state index contributed by atoms with van der Waals surface area (Å²) in [5, 5.41) is 7.16. The first-order valence-corrected chi connectivity index (χ1v) is 6.04. The minimum atomic E-state index is -0.438. The number of aromatic nitrogens is 4. The molecule has 2 aromatic rings. The highest BCUT2D eigenvalue weighted by molar-refractivity contribution is 5.56. The van der Waals surface area contributed by atoms with Gasteiger partial charge >= 0.3 is 0 Å². The zero-order valence-electron chi connectivity index (χ0n) is 10.5. The van der Waals surface area contributed by atoms with Crippen molar-refractivity contribution < 1.29 is 4.39 Å². The number of aryl methyl sites for hydroxylation is 1. The summed E-state index contributed by atoms with van der Waals surface area (Å²) in [5.74, 6) is 0.00403. The van der Waals surface area contributed by atoms with Gasteiger partial charge in [0.1, 0.15) is 5.69 Å². The van der Waals surface area contributed by atoms with E-state index in [4.69, 9.17) is 0 Å². The summed E-state index contributed by atoms with van der Waals surface area (Å²) >= 11 is 0. The molecule has 5 nitrogen and oxygen atoms in total. The fourth-order valence-corrected chi connectivity index (χ4v) is 1.65. The van der Waals surface area contributed by atoms with Gasteiger partial charge in [0.05, 0.1) is 11.9 Å². The Morgan fingerprint density at radius 2 is 2.22 bits per heavy atom. The Balaban J connectivity index is 2.37. The number of nitrogens with zero attached hydrogens (tertiary/aromatic N) is 4. The largest absolute Gasteiger partial charge is 0.354 e. The van der Waals surface area contributed by atoms with Crippen LogP contribution in [0, 0.1) is 5.82 Å². The summed E-state index contributed by atoms with van der Waals surface area (Å²) in [7, 11) is 0. The van der Waals surface area contributed by atoms with Crippen LogP contribution in [0.5, 0.6) is 0 Å². The predicted octanol–water partition coefficient (Wildman–Crippen LogP) is 2.32. The summed E-state index contributed by atoms with van der Waals surface area (Å²) in [6, 6.07) is 1.75. The highest BCUT2D eigenvalue weighted by Crippen LogP contribution is 2.20. The molecule has 0 spiro atoms. The zero-order valence-corrected chi connectivity index (χ0v) is 10.5. The number of nitrogens with one attached hydrogen (secondary N) is 1. The predicted molar refractivity (Wildman–Crippen MR) is 67.7 cm³/mol. The lowest BCUT2D eigenvalue weighted by Crippen LogP contribution is -2.07. The molecule has 0 radical (unpaired) electrons. The molecular weight excluding hydrogens is 233 g/mol. The van der Waals surface area contributed by atoms with Gasteiger partial charge in [0.2, 0.25) is 5.95 Å². The molecular formula is C12H16FN5. The summed E-state index contributed by atoms with van der Waals surface area (Å²) in [6.45, 7) is 5.43. The lowest BCUT2D eigenvalue weighted by Gasteiger charge is -2.07. The van der Waals surface area contributed by atoms with Crippen LogP contribution in [0.25, 0.3) is 11.4 Å². The number of hydrogen-bond donors (Lipinski definition) is 1. The van der Waals surface area contributed by atoms with E-state index >= 15 is 0 Å². The average Bonchev–Trinajstić information content (AvgIpc) is 2.86. The third-order valence-corrected chi connectivity index (χ3v) is 2.54. The van der Waals surface area contributed by atoms with E-state index in [1.165, 1.54) is 6.20 Å². The van der Waals surface area contributed by atoms with Crippen molar-refractivity contribution in [2.24, 2.45) is 0 Å². The van der Waals surface area contributed by atoms with Gasteiger partial charge in [0.25, 0.3) is 0 Å². The van der Waals surface area contributed by atoms with Gasteiger partial charge in [-0.25, -0.2) is 14.4 Å². The summed E-state index contributed by atoms with van der Waals surface area (Å²) in [5.41, 5.74) is 0.944. The molecule has 0 amide bonds. The van der Waals surface area contributed by atoms with Gasteiger partial charge in [-0.1, -0.05) is 6.92 Å². The van der Waals surface area contributed by atoms with E-state index in [0.717, 1.165) is 13.0 Å². The highest BCUT2D eigenvalue weighted by atomic mass is 19.1. The molecule has 0 saturated carbocycles. The van der Waals surface area contributed by atoms with Crippen LogP contribution in [0.3, 0.4) is 0 Å². The summed E-state index contributed by atoms with van der Waals surface area (Å²) in [6.07, 6.45) is 3.79. The fourth-order valence-electron chi connectivity index (χ4n) is 1.65. The first-order chi connectivity index (χ1) is 8.76. The molecule has 0 aliphatic heterocycles. The first-order valence-electron chi connectivity index (χ1n) is 6.04.